The van der Waals surface area contributed by atoms with E-state index in [2.05, 4.69) is 33.3 Å². The van der Waals surface area contributed by atoms with Crippen LogP contribution in [0.3, 0.4) is 0 Å². The molecule has 18 heavy (non-hydrogen) atoms. The van der Waals surface area contributed by atoms with E-state index in [1.165, 1.54) is 5.69 Å². The van der Waals surface area contributed by atoms with Crippen LogP contribution in [0.25, 0.3) is 0 Å². The van der Waals surface area contributed by atoms with Crippen LogP contribution in [0.4, 0.5) is 0 Å². The molecule has 1 unspecified atom stereocenters. The summed E-state index contributed by atoms with van der Waals surface area (Å²) in [6.45, 7) is 8.32. The van der Waals surface area contributed by atoms with Crippen molar-refractivity contribution in [3.63, 3.8) is 0 Å². The SMILES string of the molecule is CCCn1cncc1C(CN)N1CCN(C)CC1. The molecule has 1 atom stereocenters. The van der Waals surface area contributed by atoms with Crippen molar-refractivity contribution < 1.29 is 0 Å². The van der Waals surface area contributed by atoms with Gasteiger partial charge in [0.25, 0.3) is 0 Å². The van der Waals surface area contributed by atoms with Gasteiger partial charge in [-0.25, -0.2) is 4.98 Å². The lowest BCUT2D eigenvalue weighted by atomic mass is 10.1. The van der Waals surface area contributed by atoms with Crippen molar-refractivity contribution in [2.45, 2.75) is 25.9 Å². The highest BCUT2D eigenvalue weighted by molar-refractivity contribution is 5.07. The number of nitrogens with two attached hydrogens (primary N) is 1. The molecule has 1 aromatic heterocycles. The monoisotopic (exact) mass is 251 g/mol. The van der Waals surface area contributed by atoms with E-state index < -0.39 is 0 Å². The molecule has 1 aromatic rings. The van der Waals surface area contributed by atoms with E-state index in [0.717, 1.165) is 39.1 Å². The molecule has 1 aliphatic heterocycles. The van der Waals surface area contributed by atoms with Crippen molar-refractivity contribution in [3.8, 4) is 0 Å². The Hall–Kier alpha value is -0.910. The van der Waals surface area contributed by atoms with Gasteiger partial charge in [-0.15, -0.1) is 0 Å². The van der Waals surface area contributed by atoms with Gasteiger partial charge >= 0.3 is 0 Å². The Morgan fingerprint density at radius 2 is 2.06 bits per heavy atom. The molecule has 1 saturated heterocycles. The summed E-state index contributed by atoms with van der Waals surface area (Å²) < 4.78 is 2.25. The van der Waals surface area contributed by atoms with E-state index >= 15 is 0 Å². The fraction of sp³-hybridized carbons (Fsp3) is 0.769. The summed E-state index contributed by atoms with van der Waals surface area (Å²) in [5, 5.41) is 0. The number of rotatable bonds is 5. The fourth-order valence-electron chi connectivity index (χ4n) is 2.63. The third kappa shape index (κ3) is 2.91. The maximum Gasteiger partial charge on any atom is 0.0948 e. The summed E-state index contributed by atoms with van der Waals surface area (Å²) in [4.78, 5) is 9.15. The van der Waals surface area contributed by atoms with Crippen LogP contribution in [-0.4, -0.2) is 59.1 Å². The lowest BCUT2D eigenvalue weighted by Gasteiger charge is -2.37. The van der Waals surface area contributed by atoms with E-state index in [1.54, 1.807) is 0 Å². The summed E-state index contributed by atoms with van der Waals surface area (Å²) in [5.41, 5.74) is 7.27. The molecular formula is C13H25N5. The van der Waals surface area contributed by atoms with Gasteiger partial charge in [0.1, 0.15) is 0 Å². The van der Waals surface area contributed by atoms with Gasteiger partial charge in [-0.05, 0) is 13.5 Å². The van der Waals surface area contributed by atoms with Crippen LogP contribution in [-0.2, 0) is 6.54 Å². The number of likely N-dealkylation sites (N-methyl/N-ethyl adjacent to an activating group) is 1. The standard InChI is InChI=1S/C13H25N5/c1-3-4-18-11-15-10-13(18)12(9-14)17-7-5-16(2)6-8-17/h10-12H,3-9,14H2,1-2H3. The molecule has 2 rings (SSSR count). The Balaban J connectivity index is 2.09. The highest BCUT2D eigenvalue weighted by atomic mass is 15.3. The minimum atomic E-state index is 0.313. The summed E-state index contributed by atoms with van der Waals surface area (Å²) in [6, 6.07) is 0.313. The van der Waals surface area contributed by atoms with Crippen LogP contribution >= 0.6 is 0 Å². The summed E-state index contributed by atoms with van der Waals surface area (Å²) in [7, 11) is 2.18. The third-order valence-corrected chi connectivity index (χ3v) is 3.75. The lowest BCUT2D eigenvalue weighted by molar-refractivity contribution is 0.111. The van der Waals surface area contributed by atoms with Crippen molar-refractivity contribution in [1.82, 2.24) is 19.4 Å². The number of aryl methyl sites for hydroxylation is 1. The molecule has 2 heterocycles. The second kappa shape index (κ2) is 6.31. The highest BCUT2D eigenvalue weighted by Crippen LogP contribution is 2.21. The van der Waals surface area contributed by atoms with Gasteiger partial charge in [-0.3, -0.25) is 4.90 Å². The summed E-state index contributed by atoms with van der Waals surface area (Å²) >= 11 is 0. The second-order valence-corrected chi connectivity index (χ2v) is 5.10. The predicted octanol–water partition coefficient (Wildman–Crippen LogP) is 0.540. The number of imidazole rings is 1. The van der Waals surface area contributed by atoms with Crippen molar-refractivity contribution in [1.29, 1.82) is 0 Å². The Bertz CT molecular complexity index is 354. The zero-order valence-corrected chi connectivity index (χ0v) is 11.5. The predicted molar refractivity (Wildman–Crippen MR) is 73.4 cm³/mol. The smallest absolute Gasteiger partial charge is 0.0948 e. The molecule has 1 fully saturated rings. The molecule has 2 N–H and O–H groups in total. The molecule has 0 saturated carbocycles. The van der Waals surface area contributed by atoms with Gasteiger partial charge in [-0.2, -0.15) is 0 Å². The van der Waals surface area contributed by atoms with Crippen molar-refractivity contribution in [2.24, 2.45) is 5.73 Å². The first-order valence-corrected chi connectivity index (χ1v) is 6.89. The Morgan fingerprint density at radius 1 is 1.33 bits per heavy atom. The van der Waals surface area contributed by atoms with E-state index in [4.69, 9.17) is 5.73 Å². The normalized spacial score (nSPS) is 20.2. The van der Waals surface area contributed by atoms with Crippen LogP contribution < -0.4 is 5.73 Å². The molecular weight excluding hydrogens is 226 g/mol. The van der Waals surface area contributed by atoms with Gasteiger partial charge in [0.15, 0.2) is 0 Å². The average molecular weight is 251 g/mol. The molecule has 0 amide bonds. The summed E-state index contributed by atoms with van der Waals surface area (Å²) in [6.07, 6.45) is 5.03. The number of piperazine rings is 1. The Morgan fingerprint density at radius 3 is 2.67 bits per heavy atom. The average Bonchev–Trinajstić information content (AvgIpc) is 2.82. The third-order valence-electron chi connectivity index (χ3n) is 3.75. The van der Waals surface area contributed by atoms with Crippen LogP contribution in [0, 0.1) is 0 Å². The van der Waals surface area contributed by atoms with Crippen molar-refractivity contribution in [2.75, 3.05) is 39.8 Å². The molecule has 0 spiro atoms. The molecule has 0 bridgehead atoms. The van der Waals surface area contributed by atoms with E-state index in [9.17, 15) is 0 Å². The van der Waals surface area contributed by atoms with Gasteiger partial charge < -0.3 is 15.2 Å². The molecule has 1 aliphatic rings. The van der Waals surface area contributed by atoms with Gasteiger partial charge in [0.05, 0.1) is 18.1 Å². The van der Waals surface area contributed by atoms with Gasteiger partial charge in [0.2, 0.25) is 0 Å². The van der Waals surface area contributed by atoms with Crippen LogP contribution in [0.5, 0.6) is 0 Å². The topological polar surface area (TPSA) is 50.3 Å². The molecule has 102 valence electrons. The van der Waals surface area contributed by atoms with Gasteiger partial charge in [-0.1, -0.05) is 6.92 Å². The largest absolute Gasteiger partial charge is 0.333 e. The molecule has 0 radical (unpaired) electrons. The maximum absolute atomic E-state index is 6.00. The Kier molecular flexibility index (Phi) is 4.74. The van der Waals surface area contributed by atoms with E-state index in [0.29, 0.717) is 12.6 Å². The zero-order valence-electron chi connectivity index (χ0n) is 11.5. The number of hydrogen-bond acceptors (Lipinski definition) is 4. The quantitative estimate of drug-likeness (QED) is 0.830. The second-order valence-electron chi connectivity index (χ2n) is 5.10. The molecule has 5 heteroatoms. The van der Waals surface area contributed by atoms with Crippen molar-refractivity contribution >= 4 is 0 Å². The molecule has 5 nitrogen and oxygen atoms in total. The number of nitrogens with zero attached hydrogens (tertiary/aromatic N) is 4. The lowest BCUT2D eigenvalue weighted by Crippen LogP contribution is -2.48. The van der Waals surface area contributed by atoms with E-state index in [-0.39, 0.29) is 0 Å². The fourth-order valence-corrected chi connectivity index (χ4v) is 2.63. The van der Waals surface area contributed by atoms with Crippen LogP contribution in [0.1, 0.15) is 25.1 Å². The van der Waals surface area contributed by atoms with Crippen LogP contribution in [0.15, 0.2) is 12.5 Å². The summed E-state index contributed by atoms with van der Waals surface area (Å²) in [5.74, 6) is 0. The number of hydrogen-bond donors (Lipinski definition) is 1. The minimum absolute atomic E-state index is 0.313. The maximum atomic E-state index is 6.00. The first-order chi connectivity index (χ1) is 8.76. The van der Waals surface area contributed by atoms with E-state index in [1.807, 2.05) is 12.5 Å². The molecule has 0 aromatic carbocycles. The first kappa shape index (κ1) is 13.5. The molecule has 0 aliphatic carbocycles. The first-order valence-electron chi connectivity index (χ1n) is 6.89. The van der Waals surface area contributed by atoms with Crippen LogP contribution in [0.2, 0.25) is 0 Å². The van der Waals surface area contributed by atoms with Crippen molar-refractivity contribution in [3.05, 3.63) is 18.2 Å². The van der Waals surface area contributed by atoms with Gasteiger partial charge in [0, 0.05) is 45.5 Å². The number of aromatic nitrogens is 2. The highest BCUT2D eigenvalue weighted by Gasteiger charge is 2.24. The zero-order chi connectivity index (χ0) is 13.0. The minimum Gasteiger partial charge on any atom is -0.333 e. The Labute approximate surface area is 110 Å².